The van der Waals surface area contributed by atoms with Crippen molar-refractivity contribution in [3.8, 4) is 0 Å². The zero-order chi connectivity index (χ0) is 11.4. The number of thiophene rings is 1. The molecule has 3 heteroatoms. The first kappa shape index (κ1) is 11.3. The molecule has 1 aromatic carbocycles. The largest absolute Gasteiger partial charge is 0.308 e. The molecule has 16 heavy (non-hydrogen) atoms. The first-order valence-electron chi connectivity index (χ1n) is 5.24. The highest BCUT2D eigenvalue weighted by molar-refractivity contribution is 7.09. The van der Waals surface area contributed by atoms with E-state index in [0.717, 1.165) is 12.1 Å². The Labute approximate surface area is 98.9 Å². The lowest BCUT2D eigenvalue weighted by Gasteiger charge is -2.04. The van der Waals surface area contributed by atoms with E-state index in [1.165, 1.54) is 4.88 Å². The minimum atomic E-state index is -0.129. The molecule has 0 bridgehead atoms. The maximum absolute atomic E-state index is 13.3. The van der Waals surface area contributed by atoms with E-state index in [1.807, 2.05) is 18.2 Å². The van der Waals surface area contributed by atoms with Crippen molar-refractivity contribution >= 4 is 11.3 Å². The van der Waals surface area contributed by atoms with Crippen molar-refractivity contribution in [3.05, 3.63) is 57.5 Å². The summed E-state index contributed by atoms with van der Waals surface area (Å²) in [5, 5.41) is 5.35. The predicted octanol–water partition coefficient (Wildman–Crippen LogP) is 3.49. The molecule has 84 valence electrons. The summed E-state index contributed by atoms with van der Waals surface area (Å²) in [6, 6.07) is 9.49. The molecule has 1 heterocycles. The third kappa shape index (κ3) is 2.90. The van der Waals surface area contributed by atoms with Crippen LogP contribution in [0.15, 0.2) is 35.7 Å². The predicted molar refractivity (Wildman–Crippen MR) is 66.0 cm³/mol. The van der Waals surface area contributed by atoms with Gasteiger partial charge >= 0.3 is 0 Å². The zero-order valence-corrected chi connectivity index (χ0v) is 9.98. The maximum atomic E-state index is 13.3. The van der Waals surface area contributed by atoms with Gasteiger partial charge in [-0.2, -0.15) is 0 Å². The SMILES string of the molecule is Cc1ccc(CNCc2cccs2)cc1F. The highest BCUT2D eigenvalue weighted by Crippen LogP contribution is 2.10. The fraction of sp³-hybridized carbons (Fsp3) is 0.231. The Hall–Kier alpha value is -1.19. The zero-order valence-electron chi connectivity index (χ0n) is 9.16. The minimum Gasteiger partial charge on any atom is -0.308 e. The van der Waals surface area contributed by atoms with Crippen LogP contribution < -0.4 is 5.32 Å². The van der Waals surface area contributed by atoms with Crippen LogP contribution in [0.5, 0.6) is 0 Å². The van der Waals surface area contributed by atoms with Gasteiger partial charge in [-0.05, 0) is 35.6 Å². The lowest BCUT2D eigenvalue weighted by atomic mass is 10.1. The van der Waals surface area contributed by atoms with Gasteiger partial charge in [-0.25, -0.2) is 4.39 Å². The lowest BCUT2D eigenvalue weighted by Crippen LogP contribution is -2.11. The summed E-state index contributed by atoms with van der Waals surface area (Å²) in [5.74, 6) is -0.129. The second kappa shape index (κ2) is 5.23. The molecule has 1 aromatic heterocycles. The van der Waals surface area contributed by atoms with Crippen molar-refractivity contribution in [3.63, 3.8) is 0 Å². The molecule has 0 unspecified atom stereocenters. The fourth-order valence-electron chi connectivity index (χ4n) is 1.49. The maximum Gasteiger partial charge on any atom is 0.126 e. The summed E-state index contributed by atoms with van der Waals surface area (Å²) in [4.78, 5) is 1.30. The van der Waals surface area contributed by atoms with Crippen LogP contribution in [-0.4, -0.2) is 0 Å². The average molecular weight is 235 g/mol. The highest BCUT2D eigenvalue weighted by atomic mass is 32.1. The highest BCUT2D eigenvalue weighted by Gasteiger charge is 1.99. The third-order valence-corrected chi connectivity index (χ3v) is 3.32. The molecule has 0 aliphatic heterocycles. The van der Waals surface area contributed by atoms with Crippen LogP contribution in [-0.2, 0) is 13.1 Å². The van der Waals surface area contributed by atoms with Crippen molar-refractivity contribution in [2.75, 3.05) is 0 Å². The summed E-state index contributed by atoms with van der Waals surface area (Å²) >= 11 is 1.73. The Morgan fingerprint density at radius 1 is 1.25 bits per heavy atom. The Balaban J connectivity index is 1.87. The summed E-state index contributed by atoms with van der Waals surface area (Å²) in [6.07, 6.45) is 0. The van der Waals surface area contributed by atoms with Crippen molar-refractivity contribution in [1.82, 2.24) is 5.32 Å². The normalized spacial score (nSPS) is 10.6. The van der Waals surface area contributed by atoms with Gasteiger partial charge in [0.15, 0.2) is 0 Å². The van der Waals surface area contributed by atoms with Crippen LogP contribution in [0.3, 0.4) is 0 Å². The molecule has 0 atom stereocenters. The van der Waals surface area contributed by atoms with Gasteiger partial charge in [-0.1, -0.05) is 18.2 Å². The monoisotopic (exact) mass is 235 g/mol. The molecule has 0 fully saturated rings. The first-order chi connectivity index (χ1) is 7.75. The van der Waals surface area contributed by atoms with Crippen molar-refractivity contribution in [2.45, 2.75) is 20.0 Å². The van der Waals surface area contributed by atoms with Gasteiger partial charge in [-0.15, -0.1) is 11.3 Å². The van der Waals surface area contributed by atoms with Crippen LogP contribution in [0, 0.1) is 12.7 Å². The van der Waals surface area contributed by atoms with E-state index in [0.29, 0.717) is 12.1 Å². The molecule has 0 aliphatic rings. The number of hydrogen-bond acceptors (Lipinski definition) is 2. The van der Waals surface area contributed by atoms with Crippen LogP contribution in [0.25, 0.3) is 0 Å². The molecule has 0 aliphatic carbocycles. The van der Waals surface area contributed by atoms with Crippen LogP contribution >= 0.6 is 11.3 Å². The molecular weight excluding hydrogens is 221 g/mol. The number of hydrogen-bond donors (Lipinski definition) is 1. The Bertz CT molecular complexity index is 451. The van der Waals surface area contributed by atoms with E-state index in [2.05, 4.69) is 16.8 Å². The second-order valence-electron chi connectivity index (χ2n) is 3.77. The molecule has 0 amide bonds. The number of rotatable bonds is 4. The topological polar surface area (TPSA) is 12.0 Å². The average Bonchev–Trinajstić information content (AvgIpc) is 2.76. The van der Waals surface area contributed by atoms with Gasteiger partial charge in [0.25, 0.3) is 0 Å². The molecule has 0 spiro atoms. The molecule has 0 saturated heterocycles. The number of benzene rings is 1. The third-order valence-electron chi connectivity index (χ3n) is 2.44. The molecule has 0 saturated carbocycles. The Morgan fingerprint density at radius 2 is 2.12 bits per heavy atom. The first-order valence-corrected chi connectivity index (χ1v) is 6.12. The summed E-state index contributed by atoms with van der Waals surface area (Å²) in [6.45, 7) is 3.32. The molecular formula is C13H14FNS. The van der Waals surface area contributed by atoms with Gasteiger partial charge in [-0.3, -0.25) is 0 Å². The van der Waals surface area contributed by atoms with E-state index in [-0.39, 0.29) is 5.82 Å². The number of nitrogens with one attached hydrogen (secondary N) is 1. The number of aryl methyl sites for hydroxylation is 1. The van der Waals surface area contributed by atoms with Gasteiger partial charge in [0.1, 0.15) is 5.82 Å². The molecule has 2 rings (SSSR count). The van der Waals surface area contributed by atoms with E-state index in [9.17, 15) is 4.39 Å². The minimum absolute atomic E-state index is 0.129. The summed E-state index contributed by atoms with van der Waals surface area (Å²) in [7, 11) is 0. The number of halogens is 1. The van der Waals surface area contributed by atoms with E-state index in [4.69, 9.17) is 0 Å². The van der Waals surface area contributed by atoms with E-state index >= 15 is 0 Å². The van der Waals surface area contributed by atoms with E-state index < -0.39 is 0 Å². The Kier molecular flexibility index (Phi) is 3.70. The summed E-state index contributed by atoms with van der Waals surface area (Å²) < 4.78 is 13.3. The van der Waals surface area contributed by atoms with Crippen molar-refractivity contribution in [1.29, 1.82) is 0 Å². The smallest absolute Gasteiger partial charge is 0.126 e. The van der Waals surface area contributed by atoms with E-state index in [1.54, 1.807) is 24.3 Å². The quantitative estimate of drug-likeness (QED) is 0.855. The van der Waals surface area contributed by atoms with Crippen LogP contribution in [0.2, 0.25) is 0 Å². The van der Waals surface area contributed by atoms with Crippen molar-refractivity contribution < 1.29 is 4.39 Å². The van der Waals surface area contributed by atoms with Crippen molar-refractivity contribution in [2.24, 2.45) is 0 Å². The van der Waals surface area contributed by atoms with Gasteiger partial charge in [0.05, 0.1) is 0 Å². The lowest BCUT2D eigenvalue weighted by molar-refractivity contribution is 0.612. The van der Waals surface area contributed by atoms with Gasteiger partial charge in [0.2, 0.25) is 0 Å². The van der Waals surface area contributed by atoms with Gasteiger partial charge in [0, 0.05) is 18.0 Å². The summed E-state index contributed by atoms with van der Waals surface area (Å²) in [5.41, 5.74) is 1.68. The molecule has 2 aromatic rings. The molecule has 1 N–H and O–H groups in total. The molecule has 0 radical (unpaired) electrons. The van der Waals surface area contributed by atoms with Gasteiger partial charge < -0.3 is 5.32 Å². The van der Waals surface area contributed by atoms with Crippen LogP contribution in [0.1, 0.15) is 16.0 Å². The fourth-order valence-corrected chi connectivity index (χ4v) is 2.16. The standard InChI is InChI=1S/C13H14FNS/c1-10-4-5-11(7-13(10)14)8-15-9-12-3-2-6-16-12/h2-7,15H,8-9H2,1H3. The Morgan fingerprint density at radius 3 is 2.81 bits per heavy atom. The van der Waals surface area contributed by atoms with Crippen LogP contribution in [0.4, 0.5) is 4.39 Å². The molecule has 1 nitrogen and oxygen atoms in total. The second-order valence-corrected chi connectivity index (χ2v) is 4.80.